The summed E-state index contributed by atoms with van der Waals surface area (Å²) in [6.07, 6.45) is 0. The molecule has 0 aliphatic carbocycles. The first-order valence-electron chi connectivity index (χ1n) is 6.09. The monoisotopic (exact) mass is 319 g/mol. The third kappa shape index (κ3) is 4.96. The van der Waals surface area contributed by atoms with Crippen LogP contribution in [0, 0.1) is 12.7 Å². The molecular formula is C12H18FN3O4S. The Balaban J connectivity index is 2.74. The summed E-state index contributed by atoms with van der Waals surface area (Å²) in [4.78, 5) is 11.3. The fourth-order valence-electron chi connectivity index (χ4n) is 1.55. The van der Waals surface area contributed by atoms with Gasteiger partial charge in [-0.05, 0) is 24.6 Å². The molecule has 0 atom stereocenters. The van der Waals surface area contributed by atoms with E-state index < -0.39 is 28.3 Å². The zero-order valence-corrected chi connectivity index (χ0v) is 12.6. The van der Waals surface area contributed by atoms with Gasteiger partial charge < -0.3 is 15.8 Å². The Morgan fingerprint density at radius 2 is 2.10 bits per heavy atom. The van der Waals surface area contributed by atoms with Gasteiger partial charge in [-0.2, -0.15) is 0 Å². The number of carbonyl (C=O) groups excluding carboxylic acids is 1. The number of hydrogen-bond donors (Lipinski definition) is 3. The summed E-state index contributed by atoms with van der Waals surface area (Å²) in [5, 5.41) is 2.47. The highest BCUT2D eigenvalue weighted by Crippen LogP contribution is 2.21. The molecular weight excluding hydrogens is 301 g/mol. The molecule has 0 fully saturated rings. The smallest absolute Gasteiger partial charge is 0.241 e. The van der Waals surface area contributed by atoms with E-state index in [4.69, 9.17) is 10.5 Å². The molecule has 118 valence electrons. The largest absolute Gasteiger partial charge is 0.396 e. The number of nitrogen functional groups attached to an aromatic ring is 1. The highest BCUT2D eigenvalue weighted by Gasteiger charge is 2.19. The van der Waals surface area contributed by atoms with Crippen LogP contribution in [0.5, 0.6) is 0 Å². The molecule has 21 heavy (non-hydrogen) atoms. The van der Waals surface area contributed by atoms with Crippen LogP contribution in [0.4, 0.5) is 10.1 Å². The van der Waals surface area contributed by atoms with Crippen molar-refractivity contribution in [3.63, 3.8) is 0 Å². The molecule has 0 aliphatic rings. The highest BCUT2D eigenvalue weighted by atomic mass is 32.2. The van der Waals surface area contributed by atoms with E-state index in [0.29, 0.717) is 6.61 Å². The summed E-state index contributed by atoms with van der Waals surface area (Å²) in [6, 6.07) is 2.05. The summed E-state index contributed by atoms with van der Waals surface area (Å²) < 4.78 is 44.2. The molecule has 7 nitrogen and oxygen atoms in total. The predicted molar refractivity (Wildman–Crippen MR) is 75.6 cm³/mol. The minimum atomic E-state index is -3.94. The van der Waals surface area contributed by atoms with Gasteiger partial charge in [0.1, 0.15) is 5.82 Å². The number of sulfonamides is 1. The highest BCUT2D eigenvalue weighted by molar-refractivity contribution is 7.89. The van der Waals surface area contributed by atoms with Gasteiger partial charge in [0.25, 0.3) is 0 Å². The maximum Gasteiger partial charge on any atom is 0.241 e. The maximum atomic E-state index is 13.2. The van der Waals surface area contributed by atoms with E-state index in [1.165, 1.54) is 14.0 Å². The lowest BCUT2D eigenvalue weighted by Gasteiger charge is -2.11. The van der Waals surface area contributed by atoms with Gasteiger partial charge in [-0.1, -0.05) is 0 Å². The number of halogens is 1. The molecule has 0 radical (unpaired) electrons. The molecule has 4 N–H and O–H groups in total. The lowest BCUT2D eigenvalue weighted by Crippen LogP contribution is -2.38. The van der Waals surface area contributed by atoms with E-state index in [9.17, 15) is 17.6 Å². The Kier molecular flexibility index (Phi) is 6.06. The van der Waals surface area contributed by atoms with E-state index in [2.05, 4.69) is 10.0 Å². The zero-order valence-electron chi connectivity index (χ0n) is 11.8. The molecule has 1 aromatic carbocycles. The lowest BCUT2D eigenvalue weighted by atomic mass is 10.2. The van der Waals surface area contributed by atoms with Crippen LogP contribution >= 0.6 is 0 Å². The van der Waals surface area contributed by atoms with Crippen LogP contribution in [0.25, 0.3) is 0 Å². The third-order valence-electron chi connectivity index (χ3n) is 2.63. The van der Waals surface area contributed by atoms with Gasteiger partial charge in [0.05, 0.1) is 23.7 Å². The molecule has 0 aromatic heterocycles. The van der Waals surface area contributed by atoms with Crippen LogP contribution in [0.15, 0.2) is 17.0 Å². The number of hydrogen-bond acceptors (Lipinski definition) is 5. The van der Waals surface area contributed by atoms with Crippen LogP contribution in [0.2, 0.25) is 0 Å². The van der Waals surface area contributed by atoms with Crippen molar-refractivity contribution in [1.82, 2.24) is 10.0 Å². The van der Waals surface area contributed by atoms with Crippen LogP contribution < -0.4 is 15.8 Å². The van der Waals surface area contributed by atoms with Crippen molar-refractivity contribution in [3.05, 3.63) is 23.5 Å². The molecule has 0 bridgehead atoms. The average Bonchev–Trinajstić information content (AvgIpc) is 2.41. The van der Waals surface area contributed by atoms with Crippen molar-refractivity contribution in [1.29, 1.82) is 0 Å². The van der Waals surface area contributed by atoms with E-state index >= 15 is 0 Å². The molecule has 0 saturated carbocycles. The van der Waals surface area contributed by atoms with Gasteiger partial charge in [-0.15, -0.1) is 0 Å². The summed E-state index contributed by atoms with van der Waals surface area (Å²) >= 11 is 0. The summed E-state index contributed by atoms with van der Waals surface area (Å²) in [6.45, 7) is 1.62. The number of anilines is 1. The number of aryl methyl sites for hydroxylation is 1. The maximum absolute atomic E-state index is 13.2. The van der Waals surface area contributed by atoms with Crippen molar-refractivity contribution in [2.75, 3.05) is 32.5 Å². The van der Waals surface area contributed by atoms with Crippen molar-refractivity contribution in [3.8, 4) is 0 Å². The summed E-state index contributed by atoms with van der Waals surface area (Å²) in [5.74, 6) is -1.19. The van der Waals surface area contributed by atoms with E-state index in [-0.39, 0.29) is 22.7 Å². The second-order valence-electron chi connectivity index (χ2n) is 4.31. The van der Waals surface area contributed by atoms with Gasteiger partial charge in [0.15, 0.2) is 0 Å². The molecule has 0 saturated heterocycles. The van der Waals surface area contributed by atoms with E-state index in [1.54, 1.807) is 0 Å². The number of ether oxygens (including phenoxy) is 1. The lowest BCUT2D eigenvalue weighted by molar-refractivity contribution is -0.120. The van der Waals surface area contributed by atoms with Gasteiger partial charge in [0.2, 0.25) is 15.9 Å². The fraction of sp³-hybridized carbons (Fsp3) is 0.417. The Hall–Kier alpha value is -1.71. The van der Waals surface area contributed by atoms with Crippen molar-refractivity contribution in [2.24, 2.45) is 0 Å². The van der Waals surface area contributed by atoms with Crippen LogP contribution in [-0.2, 0) is 19.6 Å². The van der Waals surface area contributed by atoms with Gasteiger partial charge in [0, 0.05) is 13.7 Å². The summed E-state index contributed by atoms with van der Waals surface area (Å²) in [7, 11) is -2.46. The summed E-state index contributed by atoms with van der Waals surface area (Å²) in [5.41, 5.74) is 5.29. The Morgan fingerprint density at radius 1 is 1.43 bits per heavy atom. The van der Waals surface area contributed by atoms with Gasteiger partial charge >= 0.3 is 0 Å². The first-order valence-corrected chi connectivity index (χ1v) is 7.57. The molecule has 1 rings (SSSR count). The second kappa shape index (κ2) is 7.34. The molecule has 0 spiro atoms. The van der Waals surface area contributed by atoms with Crippen molar-refractivity contribution < 1.29 is 22.3 Å². The molecule has 0 unspecified atom stereocenters. The first-order chi connectivity index (χ1) is 9.77. The minimum absolute atomic E-state index is 0.161. The number of methoxy groups -OCH3 is 1. The normalized spacial score (nSPS) is 11.4. The molecule has 0 aliphatic heterocycles. The second-order valence-corrected chi connectivity index (χ2v) is 6.04. The first kappa shape index (κ1) is 17.3. The number of amides is 1. The SMILES string of the molecule is COCCNC(=O)CNS(=O)(=O)c1cc(N)c(F)cc1C. The quantitative estimate of drug-likeness (QED) is 0.474. The Bertz CT molecular complexity index is 619. The number of carbonyl (C=O) groups is 1. The Labute approximate surface area is 122 Å². The molecule has 1 amide bonds. The number of nitrogens with one attached hydrogen (secondary N) is 2. The van der Waals surface area contributed by atoms with E-state index in [1.807, 2.05) is 0 Å². The van der Waals surface area contributed by atoms with Gasteiger partial charge in [-0.25, -0.2) is 17.5 Å². The standard InChI is InChI=1S/C12H18FN3O4S/c1-8-5-9(13)10(14)6-11(8)21(18,19)16-7-12(17)15-3-4-20-2/h5-6,16H,3-4,7,14H2,1-2H3,(H,15,17). The van der Waals surface area contributed by atoms with Crippen molar-refractivity contribution >= 4 is 21.6 Å². The van der Waals surface area contributed by atoms with Gasteiger partial charge in [-0.3, -0.25) is 4.79 Å². The van der Waals surface area contributed by atoms with Crippen LogP contribution in [0.1, 0.15) is 5.56 Å². The average molecular weight is 319 g/mol. The molecule has 1 aromatic rings. The molecule has 9 heteroatoms. The minimum Gasteiger partial charge on any atom is -0.396 e. The topological polar surface area (TPSA) is 111 Å². The van der Waals surface area contributed by atoms with Crippen molar-refractivity contribution in [2.45, 2.75) is 11.8 Å². The third-order valence-corrected chi connectivity index (χ3v) is 4.18. The fourth-order valence-corrected chi connectivity index (χ4v) is 2.79. The number of nitrogens with two attached hydrogens (primary N) is 1. The predicted octanol–water partition coefficient (Wildman–Crippen LogP) is -0.243. The van der Waals surface area contributed by atoms with Crippen LogP contribution in [0.3, 0.4) is 0 Å². The zero-order chi connectivity index (χ0) is 16.0. The number of rotatable bonds is 7. The molecule has 0 heterocycles. The van der Waals surface area contributed by atoms with Crippen LogP contribution in [-0.4, -0.2) is 41.1 Å². The van der Waals surface area contributed by atoms with E-state index in [0.717, 1.165) is 12.1 Å². The Morgan fingerprint density at radius 3 is 2.71 bits per heavy atom. The number of benzene rings is 1.